The van der Waals surface area contributed by atoms with Gasteiger partial charge in [-0.1, -0.05) is 12.1 Å². The highest BCUT2D eigenvalue weighted by Crippen LogP contribution is 2.13. The van der Waals surface area contributed by atoms with E-state index in [0.717, 1.165) is 32.4 Å². The molecule has 1 heterocycles. The fourth-order valence-corrected chi connectivity index (χ4v) is 2.46. The summed E-state index contributed by atoms with van der Waals surface area (Å²) in [4.78, 5) is 11.9. The number of amides is 1. The maximum absolute atomic E-state index is 11.9. The van der Waals surface area contributed by atoms with E-state index < -0.39 is 0 Å². The Kier molecular flexibility index (Phi) is 6.21. The molecule has 0 saturated carbocycles. The van der Waals surface area contributed by atoms with Crippen LogP contribution in [0, 0.1) is 11.3 Å². The van der Waals surface area contributed by atoms with E-state index in [4.69, 9.17) is 15.9 Å². The van der Waals surface area contributed by atoms with E-state index in [1.165, 1.54) is 0 Å². The van der Waals surface area contributed by atoms with Crippen LogP contribution in [0.15, 0.2) is 24.3 Å². The number of amidine groups is 1. The monoisotopic (exact) mass is 304 g/mol. The molecule has 0 aromatic heterocycles. The molecule has 1 aliphatic rings. The van der Waals surface area contributed by atoms with Crippen molar-refractivity contribution in [1.82, 2.24) is 10.6 Å². The molecule has 0 unspecified atom stereocenters. The fourth-order valence-electron chi connectivity index (χ4n) is 2.46. The predicted molar refractivity (Wildman–Crippen MR) is 86.2 cm³/mol. The van der Waals surface area contributed by atoms with E-state index in [9.17, 15) is 4.79 Å². The smallest absolute Gasteiger partial charge is 0.223 e. The van der Waals surface area contributed by atoms with E-state index in [1.54, 1.807) is 12.1 Å². The Bertz CT molecular complexity index is 513. The summed E-state index contributed by atoms with van der Waals surface area (Å²) in [6, 6.07) is 7.16. The van der Waals surface area contributed by atoms with Crippen molar-refractivity contribution in [2.24, 2.45) is 11.7 Å². The standard InChI is InChI=1S/C16H24N4O2/c17-15(18)13-3-1-4-14(11-13)22-10-2-7-20-16(21)12-5-8-19-9-6-12/h1,3-4,11-12,19H,2,5-10H2,(H3,17,18)(H,20,21). The van der Waals surface area contributed by atoms with Crippen LogP contribution in [0.1, 0.15) is 24.8 Å². The van der Waals surface area contributed by atoms with Crippen molar-refractivity contribution >= 4 is 11.7 Å². The zero-order valence-corrected chi connectivity index (χ0v) is 12.7. The second-order valence-corrected chi connectivity index (χ2v) is 5.46. The molecule has 6 heteroatoms. The van der Waals surface area contributed by atoms with Gasteiger partial charge in [-0.25, -0.2) is 0 Å². The average molecular weight is 304 g/mol. The molecule has 1 fully saturated rings. The Balaban J connectivity index is 1.63. The van der Waals surface area contributed by atoms with Gasteiger partial charge in [0.1, 0.15) is 11.6 Å². The van der Waals surface area contributed by atoms with Gasteiger partial charge in [-0.05, 0) is 44.5 Å². The van der Waals surface area contributed by atoms with Gasteiger partial charge in [-0.3, -0.25) is 10.2 Å². The summed E-state index contributed by atoms with van der Waals surface area (Å²) in [7, 11) is 0. The third-order valence-corrected chi connectivity index (χ3v) is 3.74. The Morgan fingerprint density at radius 3 is 2.91 bits per heavy atom. The van der Waals surface area contributed by atoms with Crippen LogP contribution < -0.4 is 21.1 Å². The summed E-state index contributed by atoms with van der Waals surface area (Å²) in [5.41, 5.74) is 6.09. The first-order chi connectivity index (χ1) is 10.7. The third kappa shape index (κ3) is 5.04. The summed E-state index contributed by atoms with van der Waals surface area (Å²) >= 11 is 0. The maximum atomic E-state index is 11.9. The van der Waals surface area contributed by atoms with E-state index in [2.05, 4.69) is 10.6 Å². The second kappa shape index (κ2) is 8.38. The van der Waals surface area contributed by atoms with Gasteiger partial charge < -0.3 is 21.1 Å². The number of nitrogens with two attached hydrogens (primary N) is 1. The number of hydrogen-bond donors (Lipinski definition) is 4. The van der Waals surface area contributed by atoms with Crippen molar-refractivity contribution in [2.45, 2.75) is 19.3 Å². The topological polar surface area (TPSA) is 100 Å². The molecular weight excluding hydrogens is 280 g/mol. The van der Waals surface area contributed by atoms with E-state index in [-0.39, 0.29) is 17.7 Å². The largest absolute Gasteiger partial charge is 0.494 e. The van der Waals surface area contributed by atoms with E-state index >= 15 is 0 Å². The lowest BCUT2D eigenvalue weighted by Gasteiger charge is -2.21. The van der Waals surface area contributed by atoms with Gasteiger partial charge in [0.05, 0.1) is 6.61 Å². The summed E-state index contributed by atoms with van der Waals surface area (Å²) < 4.78 is 5.61. The van der Waals surface area contributed by atoms with Crippen molar-refractivity contribution in [3.63, 3.8) is 0 Å². The van der Waals surface area contributed by atoms with Crippen molar-refractivity contribution in [1.29, 1.82) is 5.41 Å². The molecule has 6 nitrogen and oxygen atoms in total. The van der Waals surface area contributed by atoms with Crippen LogP contribution >= 0.6 is 0 Å². The van der Waals surface area contributed by atoms with Gasteiger partial charge in [0.15, 0.2) is 0 Å². The molecular formula is C16H24N4O2. The molecule has 1 aromatic rings. The van der Waals surface area contributed by atoms with E-state index in [1.807, 2.05) is 12.1 Å². The Morgan fingerprint density at radius 1 is 1.41 bits per heavy atom. The predicted octanol–water partition coefficient (Wildman–Crippen LogP) is 0.855. The number of carbonyl (C=O) groups is 1. The van der Waals surface area contributed by atoms with Crippen LogP contribution in [0.25, 0.3) is 0 Å². The molecule has 2 rings (SSSR count). The van der Waals surface area contributed by atoms with Crippen LogP contribution in [-0.4, -0.2) is 38.0 Å². The lowest BCUT2D eigenvalue weighted by atomic mass is 9.97. The minimum Gasteiger partial charge on any atom is -0.494 e. The number of hydrogen-bond acceptors (Lipinski definition) is 4. The highest BCUT2D eigenvalue weighted by atomic mass is 16.5. The van der Waals surface area contributed by atoms with Gasteiger partial charge in [0, 0.05) is 18.0 Å². The Morgan fingerprint density at radius 2 is 2.18 bits per heavy atom. The summed E-state index contributed by atoms with van der Waals surface area (Å²) in [5, 5.41) is 13.6. The van der Waals surface area contributed by atoms with Crippen molar-refractivity contribution in [3.05, 3.63) is 29.8 Å². The molecule has 22 heavy (non-hydrogen) atoms. The van der Waals surface area contributed by atoms with Crippen LogP contribution in [0.3, 0.4) is 0 Å². The van der Waals surface area contributed by atoms with Crippen molar-refractivity contribution < 1.29 is 9.53 Å². The molecule has 0 bridgehead atoms. The molecule has 120 valence electrons. The molecule has 0 spiro atoms. The zero-order valence-electron chi connectivity index (χ0n) is 12.7. The third-order valence-electron chi connectivity index (χ3n) is 3.74. The summed E-state index contributed by atoms with van der Waals surface area (Å²) in [6.07, 6.45) is 2.58. The molecule has 0 aliphatic carbocycles. The lowest BCUT2D eigenvalue weighted by molar-refractivity contribution is -0.125. The van der Waals surface area contributed by atoms with Gasteiger partial charge >= 0.3 is 0 Å². The van der Waals surface area contributed by atoms with Gasteiger partial charge in [0.25, 0.3) is 0 Å². The van der Waals surface area contributed by atoms with Crippen LogP contribution in [0.4, 0.5) is 0 Å². The lowest BCUT2D eigenvalue weighted by Crippen LogP contribution is -2.38. The first-order valence-electron chi connectivity index (χ1n) is 7.72. The van der Waals surface area contributed by atoms with Crippen LogP contribution in [-0.2, 0) is 4.79 Å². The number of nitrogen functional groups attached to an aromatic ring is 1. The average Bonchev–Trinajstić information content (AvgIpc) is 2.55. The van der Waals surface area contributed by atoms with E-state index in [0.29, 0.717) is 24.5 Å². The molecule has 1 saturated heterocycles. The first kappa shape index (κ1) is 16.3. The molecule has 1 amide bonds. The number of rotatable bonds is 7. The van der Waals surface area contributed by atoms with Crippen molar-refractivity contribution in [3.8, 4) is 5.75 Å². The van der Waals surface area contributed by atoms with Gasteiger partial charge in [-0.15, -0.1) is 0 Å². The number of nitrogens with one attached hydrogen (secondary N) is 3. The normalized spacial score (nSPS) is 15.3. The minimum absolute atomic E-state index is 0.0275. The number of benzene rings is 1. The van der Waals surface area contributed by atoms with Gasteiger partial charge in [-0.2, -0.15) is 0 Å². The number of piperidine rings is 1. The highest BCUT2D eigenvalue weighted by Gasteiger charge is 2.19. The quantitative estimate of drug-likeness (QED) is 0.341. The van der Waals surface area contributed by atoms with Gasteiger partial charge in [0.2, 0.25) is 5.91 Å². The molecule has 0 radical (unpaired) electrons. The Labute approximate surface area is 130 Å². The van der Waals surface area contributed by atoms with Crippen LogP contribution in [0.2, 0.25) is 0 Å². The molecule has 5 N–H and O–H groups in total. The van der Waals surface area contributed by atoms with Crippen molar-refractivity contribution in [2.75, 3.05) is 26.2 Å². The van der Waals surface area contributed by atoms with Crippen LogP contribution in [0.5, 0.6) is 5.75 Å². The molecule has 0 atom stereocenters. The molecule has 1 aromatic carbocycles. The number of carbonyl (C=O) groups excluding carboxylic acids is 1. The maximum Gasteiger partial charge on any atom is 0.223 e. The SMILES string of the molecule is N=C(N)c1cccc(OCCCNC(=O)C2CCNCC2)c1. The molecule has 1 aliphatic heterocycles. The summed E-state index contributed by atoms with van der Waals surface area (Å²) in [6.45, 7) is 2.99. The highest BCUT2D eigenvalue weighted by molar-refractivity contribution is 5.95. The zero-order chi connectivity index (χ0) is 15.8. The Hall–Kier alpha value is -2.08. The number of ether oxygens (including phenoxy) is 1. The first-order valence-corrected chi connectivity index (χ1v) is 7.72. The second-order valence-electron chi connectivity index (χ2n) is 5.46. The fraction of sp³-hybridized carbons (Fsp3) is 0.500. The minimum atomic E-state index is 0.0275. The summed E-state index contributed by atoms with van der Waals surface area (Å²) in [5.74, 6) is 1.02.